The van der Waals surface area contributed by atoms with Gasteiger partial charge in [-0.1, -0.05) is 0 Å². The highest BCUT2D eigenvalue weighted by molar-refractivity contribution is 7.90. The van der Waals surface area contributed by atoms with Gasteiger partial charge in [-0.3, -0.25) is 4.79 Å². The highest BCUT2D eigenvalue weighted by Gasteiger charge is 2.12. The van der Waals surface area contributed by atoms with Crippen LogP contribution in [0.3, 0.4) is 0 Å². The number of benzene rings is 1. The van der Waals surface area contributed by atoms with Gasteiger partial charge in [0.1, 0.15) is 12.0 Å². The Kier molecular flexibility index (Phi) is 4.81. The first-order valence-electron chi connectivity index (χ1n) is 6.15. The molecule has 1 N–H and O–H groups in total. The smallest absolute Gasteiger partial charge is 0.240 e. The van der Waals surface area contributed by atoms with Crippen molar-refractivity contribution >= 4 is 28.9 Å². The third kappa shape index (κ3) is 3.61. The van der Waals surface area contributed by atoms with Crippen molar-refractivity contribution in [2.75, 3.05) is 13.4 Å². The highest BCUT2D eigenvalue weighted by Crippen LogP contribution is 2.23. The minimum Gasteiger partial charge on any atom is -0.612 e. The van der Waals surface area contributed by atoms with Gasteiger partial charge in [0.2, 0.25) is 5.91 Å². The van der Waals surface area contributed by atoms with Gasteiger partial charge in [-0.05, 0) is 41.5 Å². The highest BCUT2D eigenvalue weighted by atomic mass is 32.2. The van der Waals surface area contributed by atoms with Gasteiger partial charge in [0.15, 0.2) is 4.90 Å². The molecule has 0 saturated heterocycles. The number of hydrogen-bond acceptors (Lipinski definition) is 4. The zero-order valence-corrected chi connectivity index (χ0v) is 12.2. The lowest BCUT2D eigenvalue weighted by Gasteiger charge is -2.10. The molecule has 0 radical (unpaired) electrons. The average molecular weight is 292 g/mol. The molecule has 0 saturated carbocycles. The van der Waals surface area contributed by atoms with Gasteiger partial charge < -0.3 is 9.29 Å². The van der Waals surface area contributed by atoms with Crippen molar-refractivity contribution in [1.29, 1.82) is 0 Å². The van der Waals surface area contributed by atoms with Crippen molar-refractivity contribution in [2.24, 2.45) is 5.10 Å². The van der Waals surface area contributed by atoms with Gasteiger partial charge in [-0.25, -0.2) is 5.43 Å². The Labute approximate surface area is 120 Å². The van der Waals surface area contributed by atoms with Crippen LogP contribution in [0.4, 0.5) is 0 Å². The maximum absolute atomic E-state index is 11.7. The molecule has 1 amide bonds. The monoisotopic (exact) mass is 292 g/mol. The Morgan fingerprint density at radius 3 is 2.80 bits per heavy atom. The summed E-state index contributed by atoms with van der Waals surface area (Å²) in [6.45, 7) is 0. The minimum atomic E-state index is -1.08. The summed E-state index contributed by atoms with van der Waals surface area (Å²) in [7, 11) is 1.59. The normalized spacial score (nSPS) is 16.8. The average Bonchev–Trinajstić information content (AvgIpc) is 2.46. The van der Waals surface area contributed by atoms with Crippen LogP contribution in [0.1, 0.15) is 18.4 Å². The number of carbonyl (C=O) groups excluding carboxylic acids is 1. The molecule has 0 aromatic heterocycles. The second kappa shape index (κ2) is 6.58. The van der Waals surface area contributed by atoms with E-state index < -0.39 is 11.2 Å². The van der Waals surface area contributed by atoms with Crippen LogP contribution < -0.4 is 10.2 Å². The van der Waals surface area contributed by atoms with E-state index in [2.05, 4.69) is 10.5 Å². The van der Waals surface area contributed by atoms with E-state index in [1.165, 1.54) is 0 Å². The fourth-order valence-corrected chi connectivity index (χ4v) is 2.56. The third-order valence-corrected chi connectivity index (χ3v) is 3.91. The number of nitrogens with zero attached hydrogens (tertiary/aromatic N) is 1. The zero-order chi connectivity index (χ0) is 14.5. The first-order chi connectivity index (χ1) is 9.60. The molecule has 1 aliphatic heterocycles. The maximum Gasteiger partial charge on any atom is 0.240 e. The van der Waals surface area contributed by atoms with Crippen LogP contribution in [0.2, 0.25) is 0 Å². The van der Waals surface area contributed by atoms with Gasteiger partial charge in [0.05, 0.1) is 12.8 Å². The van der Waals surface area contributed by atoms with Crippen LogP contribution in [0.15, 0.2) is 34.3 Å². The van der Waals surface area contributed by atoms with Gasteiger partial charge in [-0.15, -0.1) is 0 Å². The molecule has 1 aromatic carbocycles. The second-order valence-corrected chi connectivity index (χ2v) is 5.68. The fourth-order valence-electron chi connectivity index (χ4n) is 1.84. The van der Waals surface area contributed by atoms with E-state index in [1.54, 1.807) is 25.5 Å². The lowest BCUT2D eigenvalue weighted by atomic mass is 10.1. The van der Waals surface area contributed by atoms with Crippen molar-refractivity contribution in [3.8, 4) is 5.75 Å². The number of amides is 1. The molecule has 2 rings (SSSR count). The van der Waals surface area contributed by atoms with Crippen LogP contribution in [-0.4, -0.2) is 29.5 Å². The Hall–Kier alpha value is -1.79. The Morgan fingerprint density at radius 1 is 1.40 bits per heavy atom. The summed E-state index contributed by atoms with van der Waals surface area (Å²) in [6.07, 6.45) is 6.35. The predicted octanol–water partition coefficient (Wildman–Crippen LogP) is 1.71. The molecule has 6 heteroatoms. The molecule has 1 atom stereocenters. The van der Waals surface area contributed by atoms with E-state index in [4.69, 9.17) is 4.74 Å². The number of rotatable bonds is 4. The quantitative estimate of drug-likeness (QED) is 0.859. The van der Waals surface area contributed by atoms with Gasteiger partial charge in [-0.2, -0.15) is 5.10 Å². The summed E-state index contributed by atoms with van der Waals surface area (Å²) >= 11 is -1.08. The lowest BCUT2D eigenvalue weighted by Crippen LogP contribution is -2.24. The first-order valence-corrected chi connectivity index (χ1v) is 7.71. The molecule has 0 bridgehead atoms. The minimum absolute atomic E-state index is 0.0705. The lowest BCUT2D eigenvalue weighted by molar-refractivity contribution is -0.121. The molecule has 1 heterocycles. The van der Waals surface area contributed by atoms with Crippen LogP contribution in [-0.2, 0) is 16.0 Å². The molecule has 0 fully saturated rings. The van der Waals surface area contributed by atoms with Crippen molar-refractivity contribution in [3.63, 3.8) is 0 Å². The standard InChI is InChI=1S/C14H16N2O3S/c1-19-12-6-7-13(20(2)18)10(9-12)3-4-11-5-8-14(17)16-15-11/h3-4,6-7,9H,5,8H2,1-2H3,(H,16,17). The summed E-state index contributed by atoms with van der Waals surface area (Å²) in [6, 6.07) is 5.40. The molecule has 20 heavy (non-hydrogen) atoms. The van der Waals surface area contributed by atoms with E-state index in [1.807, 2.05) is 18.2 Å². The molecule has 1 aromatic rings. The van der Waals surface area contributed by atoms with Gasteiger partial charge >= 0.3 is 0 Å². The number of carbonyl (C=O) groups is 1. The van der Waals surface area contributed by atoms with Crippen LogP contribution in [0.25, 0.3) is 6.08 Å². The first kappa shape index (κ1) is 14.6. The van der Waals surface area contributed by atoms with Crippen molar-refractivity contribution in [2.45, 2.75) is 17.7 Å². The van der Waals surface area contributed by atoms with E-state index >= 15 is 0 Å². The number of allylic oxidation sites excluding steroid dienone is 1. The van der Waals surface area contributed by atoms with Crippen molar-refractivity contribution in [3.05, 3.63) is 29.8 Å². The molecule has 0 spiro atoms. The summed E-state index contributed by atoms with van der Waals surface area (Å²) in [5, 5.41) is 3.97. The van der Waals surface area contributed by atoms with E-state index in [9.17, 15) is 9.35 Å². The molecule has 0 aliphatic carbocycles. The largest absolute Gasteiger partial charge is 0.612 e. The van der Waals surface area contributed by atoms with E-state index in [-0.39, 0.29) is 5.91 Å². The van der Waals surface area contributed by atoms with Crippen LogP contribution in [0.5, 0.6) is 5.75 Å². The summed E-state index contributed by atoms with van der Waals surface area (Å²) < 4.78 is 16.9. The molecular formula is C14H16N2O3S. The molecule has 1 unspecified atom stereocenters. The van der Waals surface area contributed by atoms with Gasteiger partial charge in [0, 0.05) is 18.4 Å². The molecule has 106 valence electrons. The topological polar surface area (TPSA) is 73.8 Å². The number of nitrogens with one attached hydrogen (secondary N) is 1. The Morgan fingerprint density at radius 2 is 2.20 bits per heavy atom. The summed E-state index contributed by atoms with van der Waals surface area (Å²) in [5.74, 6) is 0.636. The number of hydrogen-bond donors (Lipinski definition) is 1. The van der Waals surface area contributed by atoms with Crippen LogP contribution >= 0.6 is 0 Å². The molecule has 1 aliphatic rings. The Bertz CT molecular complexity index is 568. The van der Waals surface area contributed by atoms with Gasteiger partial charge in [0.25, 0.3) is 0 Å². The SMILES string of the molecule is COc1ccc([S+](C)[O-])c(C=CC2=NNC(=O)CC2)c1. The van der Waals surface area contributed by atoms with Crippen molar-refractivity contribution < 1.29 is 14.1 Å². The predicted molar refractivity (Wildman–Crippen MR) is 79.2 cm³/mol. The summed E-state index contributed by atoms with van der Waals surface area (Å²) in [5.41, 5.74) is 4.06. The number of ether oxygens (including phenoxy) is 1. The van der Waals surface area contributed by atoms with Crippen LogP contribution in [0, 0.1) is 0 Å². The number of methoxy groups -OCH3 is 1. The fraction of sp³-hybridized carbons (Fsp3) is 0.286. The second-order valence-electron chi connectivity index (χ2n) is 4.33. The third-order valence-electron chi connectivity index (χ3n) is 2.91. The number of hydrazone groups is 1. The zero-order valence-electron chi connectivity index (χ0n) is 11.4. The molecular weight excluding hydrogens is 276 g/mol. The summed E-state index contributed by atoms with van der Waals surface area (Å²) in [4.78, 5) is 11.7. The van der Waals surface area contributed by atoms with E-state index in [0.717, 1.165) is 16.2 Å². The van der Waals surface area contributed by atoms with E-state index in [0.29, 0.717) is 18.6 Å². The Balaban J connectivity index is 2.25. The van der Waals surface area contributed by atoms with Crippen molar-refractivity contribution in [1.82, 2.24) is 5.43 Å². The molecule has 5 nitrogen and oxygen atoms in total. The maximum atomic E-state index is 11.7.